The number of hydrogen-bond acceptors (Lipinski definition) is 6. The first kappa shape index (κ1) is 19.7. The molecule has 2 fully saturated rings. The number of carbonyl (C=O) groups excluding carboxylic acids is 2. The first-order chi connectivity index (χ1) is 14.1. The SMILES string of the molecule is O=C(CCN1CCN(C(=O)OCC2CCCC2)CC1)c1ccc2[nH]c(=O)oc2c1. The number of aromatic nitrogens is 1. The zero-order valence-corrected chi connectivity index (χ0v) is 16.5. The van der Waals surface area contributed by atoms with E-state index in [2.05, 4.69) is 9.88 Å². The number of ketones is 1. The summed E-state index contributed by atoms with van der Waals surface area (Å²) in [7, 11) is 0. The molecule has 156 valence electrons. The Morgan fingerprint density at radius 1 is 1.14 bits per heavy atom. The second-order valence-electron chi connectivity index (χ2n) is 7.95. The first-order valence-electron chi connectivity index (χ1n) is 10.4. The lowest BCUT2D eigenvalue weighted by atomic mass is 10.1. The maximum atomic E-state index is 12.5. The number of H-pyrrole nitrogens is 1. The fourth-order valence-corrected chi connectivity index (χ4v) is 4.13. The van der Waals surface area contributed by atoms with Crippen molar-refractivity contribution in [1.82, 2.24) is 14.8 Å². The number of rotatable bonds is 6. The zero-order chi connectivity index (χ0) is 20.2. The third-order valence-corrected chi connectivity index (χ3v) is 5.95. The van der Waals surface area contributed by atoms with E-state index in [1.165, 1.54) is 12.8 Å². The van der Waals surface area contributed by atoms with E-state index in [-0.39, 0.29) is 11.9 Å². The molecule has 1 amide bonds. The van der Waals surface area contributed by atoms with Crippen LogP contribution in [0.4, 0.5) is 4.79 Å². The highest BCUT2D eigenvalue weighted by Gasteiger charge is 2.24. The molecular weight excluding hydrogens is 374 g/mol. The summed E-state index contributed by atoms with van der Waals surface area (Å²) in [6, 6.07) is 4.99. The molecule has 8 nitrogen and oxygen atoms in total. The third kappa shape index (κ3) is 4.87. The molecule has 1 aromatic heterocycles. The number of hydrogen-bond donors (Lipinski definition) is 1. The van der Waals surface area contributed by atoms with Crippen molar-refractivity contribution in [1.29, 1.82) is 0 Å². The molecule has 1 aliphatic carbocycles. The minimum absolute atomic E-state index is 0.00847. The number of nitrogens with one attached hydrogen (secondary N) is 1. The number of oxazole rings is 1. The van der Waals surface area contributed by atoms with Gasteiger partial charge in [0.15, 0.2) is 11.4 Å². The highest BCUT2D eigenvalue weighted by molar-refractivity contribution is 5.98. The molecule has 1 saturated carbocycles. The predicted octanol–water partition coefficient (Wildman–Crippen LogP) is 2.64. The van der Waals surface area contributed by atoms with E-state index >= 15 is 0 Å². The monoisotopic (exact) mass is 401 g/mol. The van der Waals surface area contributed by atoms with Gasteiger partial charge in [0.05, 0.1) is 12.1 Å². The van der Waals surface area contributed by atoms with E-state index in [0.717, 1.165) is 25.9 Å². The maximum Gasteiger partial charge on any atom is 0.417 e. The smallest absolute Gasteiger partial charge is 0.417 e. The summed E-state index contributed by atoms with van der Waals surface area (Å²) in [4.78, 5) is 42.4. The zero-order valence-electron chi connectivity index (χ0n) is 16.5. The van der Waals surface area contributed by atoms with Gasteiger partial charge in [-0.25, -0.2) is 9.59 Å². The van der Waals surface area contributed by atoms with Crippen LogP contribution in [0.25, 0.3) is 11.1 Å². The molecule has 2 aromatic rings. The Bertz CT molecular complexity index is 920. The van der Waals surface area contributed by atoms with Crippen molar-refractivity contribution in [3.8, 4) is 0 Å². The van der Waals surface area contributed by atoms with Gasteiger partial charge in [-0.3, -0.25) is 14.7 Å². The molecule has 0 spiro atoms. The predicted molar refractivity (Wildman–Crippen MR) is 107 cm³/mol. The van der Waals surface area contributed by atoms with Gasteiger partial charge in [0.25, 0.3) is 0 Å². The van der Waals surface area contributed by atoms with Crippen LogP contribution in [0.1, 0.15) is 42.5 Å². The highest BCUT2D eigenvalue weighted by Crippen LogP contribution is 2.25. The van der Waals surface area contributed by atoms with Crippen molar-refractivity contribution in [2.45, 2.75) is 32.1 Å². The number of ether oxygens (including phenoxy) is 1. The van der Waals surface area contributed by atoms with Gasteiger partial charge in [-0.1, -0.05) is 12.8 Å². The molecule has 4 rings (SSSR count). The summed E-state index contributed by atoms with van der Waals surface area (Å²) in [5.74, 6) is 0.0168. The largest absolute Gasteiger partial charge is 0.449 e. The molecule has 2 aliphatic rings. The summed E-state index contributed by atoms with van der Waals surface area (Å²) in [5, 5.41) is 0. The molecule has 1 saturated heterocycles. The van der Waals surface area contributed by atoms with Crippen LogP contribution in [0.2, 0.25) is 0 Å². The minimum Gasteiger partial charge on any atom is -0.449 e. The average molecular weight is 401 g/mol. The number of benzene rings is 1. The van der Waals surface area contributed by atoms with E-state index in [1.807, 2.05) is 0 Å². The Kier molecular flexibility index (Phi) is 5.99. The second kappa shape index (κ2) is 8.82. The number of Topliss-reactive ketones (excluding diaryl/α,β-unsaturated/α-hetero) is 1. The summed E-state index contributed by atoms with van der Waals surface area (Å²) in [6.45, 7) is 3.89. The van der Waals surface area contributed by atoms with Crippen LogP contribution in [0, 0.1) is 5.92 Å². The van der Waals surface area contributed by atoms with Gasteiger partial charge in [0, 0.05) is 44.7 Å². The van der Waals surface area contributed by atoms with Crippen molar-refractivity contribution >= 4 is 23.0 Å². The maximum absolute atomic E-state index is 12.5. The first-order valence-corrected chi connectivity index (χ1v) is 10.4. The van der Waals surface area contributed by atoms with Crippen LogP contribution in [-0.4, -0.2) is 66.0 Å². The number of fused-ring (bicyclic) bond motifs is 1. The molecule has 0 radical (unpaired) electrons. The van der Waals surface area contributed by atoms with Crippen LogP contribution in [0.15, 0.2) is 27.4 Å². The highest BCUT2D eigenvalue weighted by atomic mass is 16.6. The van der Waals surface area contributed by atoms with E-state index in [0.29, 0.717) is 55.2 Å². The van der Waals surface area contributed by atoms with Crippen LogP contribution in [0.5, 0.6) is 0 Å². The summed E-state index contributed by atoms with van der Waals surface area (Å²) in [6.07, 6.45) is 4.98. The van der Waals surface area contributed by atoms with E-state index in [1.54, 1.807) is 23.1 Å². The van der Waals surface area contributed by atoms with Crippen LogP contribution >= 0.6 is 0 Å². The Labute approximate surface area is 168 Å². The van der Waals surface area contributed by atoms with Crippen LogP contribution < -0.4 is 5.76 Å². The van der Waals surface area contributed by atoms with Gasteiger partial charge in [-0.2, -0.15) is 0 Å². The van der Waals surface area contributed by atoms with Gasteiger partial charge in [0.2, 0.25) is 0 Å². The van der Waals surface area contributed by atoms with E-state index in [4.69, 9.17) is 9.15 Å². The summed E-state index contributed by atoms with van der Waals surface area (Å²) in [5.41, 5.74) is 1.52. The molecule has 2 heterocycles. The number of amides is 1. The van der Waals surface area contributed by atoms with Gasteiger partial charge in [-0.15, -0.1) is 0 Å². The van der Waals surface area contributed by atoms with Gasteiger partial charge >= 0.3 is 11.8 Å². The van der Waals surface area contributed by atoms with Crippen molar-refractivity contribution in [2.75, 3.05) is 39.3 Å². The molecule has 0 bridgehead atoms. The van der Waals surface area contributed by atoms with Gasteiger partial charge in [-0.05, 0) is 37.0 Å². The molecule has 0 unspecified atom stereocenters. The second-order valence-corrected chi connectivity index (χ2v) is 7.95. The standard InChI is InChI=1S/C21H27N3O5/c25-18(16-5-6-17-19(13-16)29-20(26)22-17)7-8-23-9-11-24(12-10-23)21(27)28-14-15-3-1-2-4-15/h5-6,13,15H,1-4,7-12,14H2,(H,22,26). The Hall–Kier alpha value is -2.61. The van der Waals surface area contributed by atoms with Crippen molar-refractivity contribution in [3.05, 3.63) is 34.3 Å². The third-order valence-electron chi connectivity index (χ3n) is 5.95. The average Bonchev–Trinajstić information content (AvgIpc) is 3.38. The molecule has 8 heteroatoms. The Morgan fingerprint density at radius 2 is 1.90 bits per heavy atom. The number of nitrogens with zero attached hydrogens (tertiary/aromatic N) is 2. The molecule has 1 aromatic carbocycles. The van der Waals surface area contributed by atoms with Crippen molar-refractivity contribution in [2.24, 2.45) is 5.92 Å². The lowest BCUT2D eigenvalue weighted by molar-refractivity contribution is 0.0650. The van der Waals surface area contributed by atoms with E-state index in [9.17, 15) is 14.4 Å². The summed E-state index contributed by atoms with van der Waals surface area (Å²) >= 11 is 0. The number of aromatic amines is 1. The lowest BCUT2D eigenvalue weighted by Gasteiger charge is -2.34. The van der Waals surface area contributed by atoms with Crippen molar-refractivity contribution in [3.63, 3.8) is 0 Å². The Morgan fingerprint density at radius 3 is 2.66 bits per heavy atom. The topological polar surface area (TPSA) is 95.9 Å². The normalized spacial score (nSPS) is 18.4. The van der Waals surface area contributed by atoms with Crippen LogP contribution in [0.3, 0.4) is 0 Å². The van der Waals surface area contributed by atoms with Gasteiger partial charge in [0.1, 0.15) is 0 Å². The fraction of sp³-hybridized carbons (Fsp3) is 0.571. The molecular formula is C21H27N3O5. The lowest BCUT2D eigenvalue weighted by Crippen LogP contribution is -2.49. The van der Waals surface area contributed by atoms with Gasteiger partial charge < -0.3 is 14.1 Å². The molecule has 1 aliphatic heterocycles. The Balaban J connectivity index is 1.20. The number of piperazine rings is 1. The van der Waals surface area contributed by atoms with Crippen molar-refractivity contribution < 1.29 is 18.7 Å². The van der Waals surface area contributed by atoms with E-state index < -0.39 is 5.76 Å². The quantitative estimate of drug-likeness (QED) is 0.748. The number of carbonyl (C=O) groups is 2. The molecule has 0 atom stereocenters. The minimum atomic E-state index is -0.524. The summed E-state index contributed by atoms with van der Waals surface area (Å²) < 4.78 is 10.5. The van der Waals surface area contributed by atoms with Crippen LogP contribution in [-0.2, 0) is 4.74 Å². The molecule has 29 heavy (non-hydrogen) atoms. The molecule has 1 N–H and O–H groups in total. The fourth-order valence-electron chi connectivity index (χ4n) is 4.13.